The van der Waals surface area contributed by atoms with Crippen molar-refractivity contribution < 1.29 is 27.6 Å². The van der Waals surface area contributed by atoms with Crippen LogP contribution in [0, 0.1) is 0 Å². The van der Waals surface area contributed by atoms with Crippen LogP contribution in [0.5, 0.6) is 0 Å². The lowest BCUT2D eigenvalue weighted by molar-refractivity contribution is 0.0568. The standard InChI is InChI=1S/C14H30FNO5Si/c1-5-10-13(15)16(14(17)18)11-9-12-22(19-6-2,20-7-3)21-8-4/h13H,5-12H2,1-4H3,(H,17,18). The SMILES string of the molecule is CCCC(F)N(CCC[Si](OCC)(OCC)OCC)C(=O)O. The minimum atomic E-state index is -2.79. The van der Waals surface area contributed by atoms with Gasteiger partial charge in [0.05, 0.1) is 0 Å². The van der Waals surface area contributed by atoms with Gasteiger partial charge in [0.1, 0.15) is 0 Å². The van der Waals surface area contributed by atoms with E-state index in [-0.39, 0.29) is 13.0 Å². The summed E-state index contributed by atoms with van der Waals surface area (Å²) in [6.45, 7) is 8.93. The summed E-state index contributed by atoms with van der Waals surface area (Å²) in [5, 5.41) is 9.11. The Morgan fingerprint density at radius 2 is 1.64 bits per heavy atom. The lowest BCUT2D eigenvalue weighted by atomic mass is 10.3. The maximum Gasteiger partial charge on any atom is 0.500 e. The lowest BCUT2D eigenvalue weighted by Gasteiger charge is -2.29. The molecule has 0 saturated heterocycles. The van der Waals surface area contributed by atoms with Gasteiger partial charge in [-0.2, -0.15) is 0 Å². The highest BCUT2D eigenvalue weighted by atomic mass is 28.4. The molecule has 1 unspecified atom stereocenters. The van der Waals surface area contributed by atoms with Crippen molar-refractivity contribution in [3.8, 4) is 0 Å². The van der Waals surface area contributed by atoms with E-state index in [1.165, 1.54) is 0 Å². The molecule has 1 amide bonds. The zero-order valence-electron chi connectivity index (χ0n) is 14.1. The highest BCUT2D eigenvalue weighted by molar-refractivity contribution is 6.60. The third-order valence-electron chi connectivity index (χ3n) is 3.09. The Bertz CT molecular complexity index is 292. The van der Waals surface area contributed by atoms with Gasteiger partial charge in [0, 0.05) is 32.4 Å². The van der Waals surface area contributed by atoms with E-state index >= 15 is 0 Å². The van der Waals surface area contributed by atoms with Crippen LogP contribution in [0.3, 0.4) is 0 Å². The number of carbonyl (C=O) groups is 1. The smallest absolute Gasteiger partial charge is 0.465 e. The number of carboxylic acid groups (broad SMARTS) is 1. The van der Waals surface area contributed by atoms with Crippen LogP contribution in [-0.4, -0.2) is 57.6 Å². The van der Waals surface area contributed by atoms with Gasteiger partial charge < -0.3 is 18.4 Å². The molecule has 8 heteroatoms. The van der Waals surface area contributed by atoms with Gasteiger partial charge in [-0.15, -0.1) is 0 Å². The molecule has 0 fully saturated rings. The fraction of sp³-hybridized carbons (Fsp3) is 0.929. The fourth-order valence-corrected chi connectivity index (χ4v) is 4.81. The molecule has 22 heavy (non-hydrogen) atoms. The molecule has 0 aromatic rings. The zero-order valence-corrected chi connectivity index (χ0v) is 15.1. The summed E-state index contributed by atoms with van der Waals surface area (Å²) in [6.07, 6.45) is -1.46. The monoisotopic (exact) mass is 339 g/mol. The maximum atomic E-state index is 13.8. The fourth-order valence-electron chi connectivity index (χ4n) is 2.22. The quantitative estimate of drug-likeness (QED) is 0.411. The number of hydrogen-bond acceptors (Lipinski definition) is 4. The summed E-state index contributed by atoms with van der Waals surface area (Å²) < 4.78 is 30.9. The second-order valence-corrected chi connectivity index (χ2v) is 7.52. The molecule has 0 spiro atoms. The van der Waals surface area contributed by atoms with E-state index in [0.29, 0.717) is 38.7 Å². The molecule has 0 bridgehead atoms. The van der Waals surface area contributed by atoms with E-state index in [0.717, 1.165) is 4.90 Å². The van der Waals surface area contributed by atoms with E-state index in [1.807, 2.05) is 27.7 Å². The molecule has 1 N–H and O–H groups in total. The van der Waals surface area contributed by atoms with Gasteiger partial charge in [-0.05, 0) is 33.6 Å². The van der Waals surface area contributed by atoms with Crippen molar-refractivity contribution in [3.05, 3.63) is 0 Å². The van der Waals surface area contributed by atoms with Crippen LogP contribution in [0.4, 0.5) is 9.18 Å². The molecule has 0 heterocycles. The van der Waals surface area contributed by atoms with E-state index in [4.69, 9.17) is 18.4 Å². The molecule has 1 atom stereocenters. The van der Waals surface area contributed by atoms with E-state index < -0.39 is 21.2 Å². The number of rotatable bonds is 13. The topological polar surface area (TPSA) is 68.2 Å². The number of nitrogens with zero attached hydrogens (tertiary/aromatic N) is 1. The number of hydrogen-bond donors (Lipinski definition) is 1. The first-order valence-corrected chi connectivity index (χ1v) is 9.94. The third-order valence-corrected chi connectivity index (χ3v) is 6.24. The summed E-state index contributed by atoms with van der Waals surface area (Å²) in [5.74, 6) is 0. The molecule has 0 aromatic heterocycles. The molecule has 0 rings (SSSR count). The van der Waals surface area contributed by atoms with Crippen LogP contribution in [0.1, 0.15) is 47.0 Å². The molecule has 132 valence electrons. The normalized spacial score (nSPS) is 13.1. The maximum absolute atomic E-state index is 13.8. The Balaban J connectivity index is 4.64. The molecule has 0 saturated carbocycles. The molecule has 6 nitrogen and oxygen atoms in total. The number of alkyl halides is 1. The van der Waals surface area contributed by atoms with Gasteiger partial charge >= 0.3 is 14.9 Å². The third kappa shape index (κ3) is 7.53. The Kier molecular flexibility index (Phi) is 11.4. The summed E-state index contributed by atoms with van der Waals surface area (Å²) in [7, 11) is -2.79. The second-order valence-electron chi connectivity index (χ2n) is 4.78. The van der Waals surface area contributed by atoms with Crippen LogP contribution >= 0.6 is 0 Å². The van der Waals surface area contributed by atoms with Crippen LogP contribution in [0.25, 0.3) is 0 Å². The average Bonchev–Trinajstić information content (AvgIpc) is 2.44. The van der Waals surface area contributed by atoms with Crippen molar-refractivity contribution in [2.45, 2.75) is 59.3 Å². The molecular formula is C14H30FNO5Si. The first-order chi connectivity index (χ1) is 10.5. The molecule has 0 aliphatic heterocycles. The van der Waals surface area contributed by atoms with Crippen molar-refractivity contribution in [2.24, 2.45) is 0 Å². The van der Waals surface area contributed by atoms with Gasteiger partial charge in [-0.1, -0.05) is 13.3 Å². The van der Waals surface area contributed by atoms with Crippen LogP contribution in [0.2, 0.25) is 6.04 Å². The first kappa shape index (κ1) is 21.3. The van der Waals surface area contributed by atoms with Gasteiger partial charge in [0.2, 0.25) is 0 Å². The first-order valence-electron chi connectivity index (χ1n) is 8.01. The van der Waals surface area contributed by atoms with E-state index in [1.54, 1.807) is 0 Å². The molecule has 0 radical (unpaired) electrons. The Morgan fingerprint density at radius 3 is 2.00 bits per heavy atom. The van der Waals surface area contributed by atoms with Crippen molar-refractivity contribution in [1.29, 1.82) is 0 Å². The predicted molar refractivity (Wildman–Crippen MR) is 84.6 cm³/mol. The predicted octanol–water partition coefficient (Wildman–Crippen LogP) is 3.50. The van der Waals surface area contributed by atoms with Crippen LogP contribution in [-0.2, 0) is 13.3 Å². The van der Waals surface area contributed by atoms with E-state index in [2.05, 4.69) is 0 Å². The molecule has 0 aromatic carbocycles. The summed E-state index contributed by atoms with van der Waals surface area (Å²) in [5.41, 5.74) is 0. The lowest BCUT2D eigenvalue weighted by Crippen LogP contribution is -2.47. The summed E-state index contributed by atoms with van der Waals surface area (Å²) in [4.78, 5) is 12.0. The molecule has 0 aliphatic rings. The minimum Gasteiger partial charge on any atom is -0.465 e. The van der Waals surface area contributed by atoms with Gasteiger partial charge in [0.15, 0.2) is 6.30 Å². The van der Waals surface area contributed by atoms with Crippen LogP contribution < -0.4 is 0 Å². The van der Waals surface area contributed by atoms with Crippen molar-refractivity contribution >= 4 is 14.9 Å². The summed E-state index contributed by atoms with van der Waals surface area (Å²) in [6, 6.07) is 0.477. The average molecular weight is 339 g/mol. The van der Waals surface area contributed by atoms with Crippen molar-refractivity contribution in [3.63, 3.8) is 0 Å². The number of amides is 1. The van der Waals surface area contributed by atoms with Crippen LogP contribution in [0.15, 0.2) is 0 Å². The second kappa shape index (κ2) is 11.8. The Labute approximate surface area is 133 Å². The summed E-state index contributed by atoms with van der Waals surface area (Å²) >= 11 is 0. The van der Waals surface area contributed by atoms with Gasteiger partial charge in [-0.3, -0.25) is 4.90 Å². The van der Waals surface area contributed by atoms with E-state index in [9.17, 15) is 9.18 Å². The van der Waals surface area contributed by atoms with Gasteiger partial charge in [0.25, 0.3) is 0 Å². The van der Waals surface area contributed by atoms with Crippen molar-refractivity contribution in [2.75, 3.05) is 26.4 Å². The highest BCUT2D eigenvalue weighted by Gasteiger charge is 2.40. The molecular weight excluding hydrogens is 309 g/mol. The Hall–Kier alpha value is -0.703. The Morgan fingerprint density at radius 1 is 1.14 bits per heavy atom. The van der Waals surface area contributed by atoms with Gasteiger partial charge in [-0.25, -0.2) is 9.18 Å². The highest BCUT2D eigenvalue weighted by Crippen LogP contribution is 2.19. The largest absolute Gasteiger partial charge is 0.500 e. The molecule has 0 aliphatic carbocycles. The minimum absolute atomic E-state index is 0.110. The zero-order chi connectivity index (χ0) is 17.0. The number of halogens is 1. The van der Waals surface area contributed by atoms with Crippen molar-refractivity contribution in [1.82, 2.24) is 4.90 Å².